The number of cyclic esters (lactones) is 1. The van der Waals surface area contributed by atoms with E-state index in [0.717, 1.165) is 27.6 Å². The largest absolute Gasteiger partial charge is 0.496 e. The van der Waals surface area contributed by atoms with Crippen LogP contribution in [-0.2, 0) is 9.53 Å². The minimum Gasteiger partial charge on any atom is -0.496 e. The highest BCUT2D eigenvalue weighted by molar-refractivity contribution is 5.94. The number of hydrogen-bond acceptors (Lipinski definition) is 5. The molecule has 0 aromatic heterocycles. The summed E-state index contributed by atoms with van der Waals surface area (Å²) >= 11 is 0. The van der Waals surface area contributed by atoms with Gasteiger partial charge in [-0.05, 0) is 28.5 Å². The van der Waals surface area contributed by atoms with Gasteiger partial charge in [0.05, 0.1) is 26.4 Å². The van der Waals surface area contributed by atoms with E-state index in [1.165, 1.54) is 0 Å². The fourth-order valence-corrected chi connectivity index (χ4v) is 2.80. The molecule has 0 bridgehead atoms. The molecule has 3 rings (SSSR count). The quantitative estimate of drug-likeness (QED) is 0.406. The van der Waals surface area contributed by atoms with Crippen molar-refractivity contribution in [3.63, 3.8) is 0 Å². The molecule has 1 aliphatic heterocycles. The maximum absolute atomic E-state index is 11.4. The van der Waals surface area contributed by atoms with E-state index in [0.29, 0.717) is 13.0 Å². The van der Waals surface area contributed by atoms with Crippen LogP contribution in [0.2, 0.25) is 0 Å². The summed E-state index contributed by atoms with van der Waals surface area (Å²) in [5, 5.41) is 5.68. The first kappa shape index (κ1) is 13.4. The number of benzene rings is 2. The van der Waals surface area contributed by atoms with Gasteiger partial charge in [0.25, 0.3) is 0 Å². The second-order valence-electron chi connectivity index (χ2n) is 5.02. The van der Waals surface area contributed by atoms with Crippen LogP contribution in [0.15, 0.2) is 35.4 Å². The molecule has 2 N–H and O–H groups in total. The standard InChI is InChI=1S/C16H16N2O3/c1-20-14-5-4-11-3-2-10(8-18-17)6-13(11)16(14)12-7-15(19)21-9-12/h2-6,8,12H,7,9,17H2,1H3. The maximum atomic E-state index is 11.4. The zero-order valence-electron chi connectivity index (χ0n) is 11.7. The van der Waals surface area contributed by atoms with Crippen LogP contribution in [0.1, 0.15) is 23.5 Å². The van der Waals surface area contributed by atoms with Crippen molar-refractivity contribution in [1.82, 2.24) is 0 Å². The molecule has 0 spiro atoms. The van der Waals surface area contributed by atoms with Gasteiger partial charge in [0.2, 0.25) is 0 Å². The predicted molar refractivity (Wildman–Crippen MR) is 80.6 cm³/mol. The first-order valence-electron chi connectivity index (χ1n) is 6.72. The molecule has 5 heteroatoms. The van der Waals surface area contributed by atoms with Crippen LogP contribution in [0, 0.1) is 0 Å². The Bertz CT molecular complexity index is 725. The lowest BCUT2D eigenvalue weighted by atomic mass is 9.91. The molecule has 108 valence electrons. The number of nitrogens with two attached hydrogens (primary N) is 1. The monoisotopic (exact) mass is 284 g/mol. The van der Waals surface area contributed by atoms with Gasteiger partial charge in [-0.25, -0.2) is 0 Å². The van der Waals surface area contributed by atoms with E-state index < -0.39 is 0 Å². The molecule has 5 nitrogen and oxygen atoms in total. The number of carbonyl (C=O) groups excluding carboxylic acids is 1. The van der Waals surface area contributed by atoms with Crippen molar-refractivity contribution in [2.24, 2.45) is 10.9 Å². The molecule has 21 heavy (non-hydrogen) atoms. The first-order valence-corrected chi connectivity index (χ1v) is 6.72. The van der Waals surface area contributed by atoms with E-state index in [9.17, 15) is 4.79 Å². The summed E-state index contributed by atoms with van der Waals surface area (Å²) in [7, 11) is 1.63. The summed E-state index contributed by atoms with van der Waals surface area (Å²) in [5.74, 6) is 5.84. The molecule has 2 aromatic carbocycles. The van der Waals surface area contributed by atoms with Crippen molar-refractivity contribution >= 4 is 23.0 Å². The number of rotatable bonds is 3. The Balaban J connectivity index is 2.21. The van der Waals surface area contributed by atoms with Gasteiger partial charge in [0, 0.05) is 11.5 Å². The van der Waals surface area contributed by atoms with Gasteiger partial charge in [0.15, 0.2) is 0 Å². The number of carbonyl (C=O) groups is 1. The lowest BCUT2D eigenvalue weighted by Gasteiger charge is -2.16. The minimum atomic E-state index is -0.168. The molecule has 1 saturated heterocycles. The zero-order valence-corrected chi connectivity index (χ0v) is 11.7. The maximum Gasteiger partial charge on any atom is 0.306 e. The Hall–Kier alpha value is -2.56. The van der Waals surface area contributed by atoms with Gasteiger partial charge >= 0.3 is 5.97 Å². The second kappa shape index (κ2) is 5.44. The summed E-state index contributed by atoms with van der Waals surface area (Å²) in [6.07, 6.45) is 1.98. The van der Waals surface area contributed by atoms with Crippen molar-refractivity contribution in [3.05, 3.63) is 41.5 Å². The highest BCUT2D eigenvalue weighted by Gasteiger charge is 2.29. The van der Waals surface area contributed by atoms with E-state index in [4.69, 9.17) is 15.3 Å². The number of fused-ring (bicyclic) bond motifs is 1. The van der Waals surface area contributed by atoms with Gasteiger partial charge in [-0.3, -0.25) is 4.79 Å². The molecule has 0 amide bonds. The molecular weight excluding hydrogens is 268 g/mol. The van der Waals surface area contributed by atoms with E-state index in [-0.39, 0.29) is 11.9 Å². The molecule has 1 unspecified atom stereocenters. The molecule has 1 heterocycles. The summed E-state index contributed by atoms with van der Waals surface area (Å²) < 4.78 is 10.6. The zero-order chi connectivity index (χ0) is 14.8. The van der Waals surface area contributed by atoms with Crippen molar-refractivity contribution in [1.29, 1.82) is 0 Å². The smallest absolute Gasteiger partial charge is 0.306 e. The molecule has 0 aliphatic carbocycles. The average Bonchev–Trinajstić information content (AvgIpc) is 2.92. The van der Waals surface area contributed by atoms with E-state index in [2.05, 4.69) is 5.10 Å². The lowest BCUT2D eigenvalue weighted by Crippen LogP contribution is -2.02. The second-order valence-corrected chi connectivity index (χ2v) is 5.02. The Morgan fingerprint density at radius 3 is 2.86 bits per heavy atom. The summed E-state index contributed by atoms with van der Waals surface area (Å²) in [6.45, 7) is 0.392. The molecule has 2 aromatic rings. The topological polar surface area (TPSA) is 73.9 Å². The van der Waals surface area contributed by atoms with Crippen LogP contribution < -0.4 is 10.6 Å². The third-order valence-electron chi connectivity index (χ3n) is 3.76. The fourth-order valence-electron chi connectivity index (χ4n) is 2.80. The van der Waals surface area contributed by atoms with Crippen molar-refractivity contribution in [3.8, 4) is 5.75 Å². The van der Waals surface area contributed by atoms with Crippen molar-refractivity contribution in [2.75, 3.05) is 13.7 Å². The number of hydrazone groups is 1. The predicted octanol–water partition coefficient (Wildman–Crippen LogP) is 2.17. The number of esters is 1. The number of hydrogen-bond donors (Lipinski definition) is 1. The fraction of sp³-hybridized carbons (Fsp3) is 0.250. The average molecular weight is 284 g/mol. The van der Waals surface area contributed by atoms with Gasteiger partial charge in [0.1, 0.15) is 5.75 Å². The normalized spacial score (nSPS) is 18.3. The SMILES string of the molecule is COc1ccc2ccc(C=NN)cc2c1C1COC(=O)C1. The Morgan fingerprint density at radius 1 is 1.38 bits per heavy atom. The van der Waals surface area contributed by atoms with Gasteiger partial charge in [-0.15, -0.1) is 0 Å². The highest BCUT2D eigenvalue weighted by atomic mass is 16.5. The minimum absolute atomic E-state index is 0.0150. The third kappa shape index (κ3) is 2.42. The molecular formula is C16H16N2O3. The Kier molecular flexibility index (Phi) is 3.48. The van der Waals surface area contributed by atoms with Crippen LogP contribution in [0.5, 0.6) is 5.75 Å². The van der Waals surface area contributed by atoms with Crippen LogP contribution in [0.4, 0.5) is 0 Å². The van der Waals surface area contributed by atoms with E-state index in [1.54, 1.807) is 13.3 Å². The van der Waals surface area contributed by atoms with Crippen molar-refractivity contribution < 1.29 is 14.3 Å². The van der Waals surface area contributed by atoms with Gasteiger partial charge < -0.3 is 15.3 Å². The van der Waals surface area contributed by atoms with Crippen LogP contribution in [-0.4, -0.2) is 25.9 Å². The van der Waals surface area contributed by atoms with Crippen LogP contribution in [0.25, 0.3) is 10.8 Å². The van der Waals surface area contributed by atoms with E-state index in [1.807, 2.05) is 30.3 Å². The van der Waals surface area contributed by atoms with Crippen LogP contribution in [0.3, 0.4) is 0 Å². The van der Waals surface area contributed by atoms with Gasteiger partial charge in [-0.2, -0.15) is 5.10 Å². The first-order chi connectivity index (χ1) is 10.2. The molecule has 0 radical (unpaired) electrons. The van der Waals surface area contributed by atoms with Crippen molar-refractivity contribution in [2.45, 2.75) is 12.3 Å². The van der Waals surface area contributed by atoms with Crippen LogP contribution >= 0.6 is 0 Å². The highest BCUT2D eigenvalue weighted by Crippen LogP contribution is 2.38. The molecule has 1 fully saturated rings. The molecule has 0 saturated carbocycles. The molecule has 1 atom stereocenters. The Morgan fingerprint density at radius 2 is 2.19 bits per heavy atom. The summed E-state index contributed by atoms with van der Waals surface area (Å²) in [4.78, 5) is 11.4. The van der Waals surface area contributed by atoms with E-state index >= 15 is 0 Å². The Labute approximate surface area is 122 Å². The lowest BCUT2D eigenvalue weighted by molar-refractivity contribution is -0.137. The number of nitrogens with zero attached hydrogens (tertiary/aromatic N) is 1. The summed E-state index contributed by atoms with van der Waals surface area (Å²) in [5.41, 5.74) is 1.91. The third-order valence-corrected chi connectivity index (χ3v) is 3.76. The van der Waals surface area contributed by atoms with Gasteiger partial charge in [-0.1, -0.05) is 18.2 Å². The number of ether oxygens (including phenoxy) is 2. The summed E-state index contributed by atoms with van der Waals surface area (Å²) in [6, 6.07) is 9.89. The number of methoxy groups -OCH3 is 1. The molecule has 1 aliphatic rings.